The zero-order valence-electron chi connectivity index (χ0n) is 19.1. The normalized spacial score (nSPS) is 11.2. The van der Waals surface area contributed by atoms with Crippen molar-refractivity contribution in [2.45, 2.75) is 122 Å². The van der Waals surface area contributed by atoms with Crippen LogP contribution < -0.4 is 0 Å². The molecule has 0 amide bonds. The third-order valence-corrected chi connectivity index (χ3v) is 20.5. The first-order chi connectivity index (χ1) is 13.6. The third kappa shape index (κ3) is 17.4. The van der Waals surface area contributed by atoms with E-state index in [0.29, 0.717) is 12.8 Å². The first kappa shape index (κ1) is 28.5. The van der Waals surface area contributed by atoms with Gasteiger partial charge < -0.3 is 0 Å². The van der Waals surface area contributed by atoms with Crippen LogP contribution in [0.15, 0.2) is 0 Å². The van der Waals surface area contributed by atoms with E-state index in [1.807, 2.05) is 0 Å². The molecule has 6 heteroatoms. The monoisotopic (exact) mass is 614 g/mol. The molecule has 166 valence electrons. The van der Waals surface area contributed by atoms with Gasteiger partial charge in [-0.15, -0.1) is 0 Å². The predicted molar refractivity (Wildman–Crippen MR) is 124 cm³/mol. The van der Waals surface area contributed by atoms with E-state index in [-0.39, 0.29) is 11.9 Å². The van der Waals surface area contributed by atoms with Gasteiger partial charge in [-0.3, -0.25) is 0 Å². The molecule has 0 rings (SSSR count). The fourth-order valence-electron chi connectivity index (χ4n) is 3.28. The third-order valence-electron chi connectivity index (χ3n) is 5.13. The quantitative estimate of drug-likeness (QED) is 0.127. The minimum atomic E-state index is -2.11. The summed E-state index contributed by atoms with van der Waals surface area (Å²) in [5.74, 6) is -0.0198. The molecule has 0 spiro atoms. The molecule has 0 aromatic carbocycles. The molecule has 0 aromatic heterocycles. The number of carbonyl (C=O) groups excluding carboxylic acids is 2. The van der Waals surface area contributed by atoms with Gasteiger partial charge in [0.1, 0.15) is 0 Å². The second-order valence-corrected chi connectivity index (χ2v) is 23.0. The first-order valence-electron chi connectivity index (χ1n) is 12.0. The van der Waals surface area contributed by atoms with E-state index >= 15 is 0 Å². The van der Waals surface area contributed by atoms with Gasteiger partial charge in [-0.05, 0) is 0 Å². The van der Waals surface area contributed by atoms with Crippen LogP contribution >= 0.6 is 0 Å². The number of carbonyl (C=O) groups is 2. The molecule has 0 fully saturated rings. The van der Waals surface area contributed by atoms with E-state index in [9.17, 15) is 9.59 Å². The predicted octanol–water partition coefficient (Wildman–Crippen LogP) is 6.28. The van der Waals surface area contributed by atoms with Gasteiger partial charge in [-0.2, -0.15) is 0 Å². The van der Waals surface area contributed by atoms with E-state index in [1.54, 1.807) is 0 Å². The van der Waals surface area contributed by atoms with Crippen LogP contribution in [0.2, 0.25) is 17.7 Å². The van der Waals surface area contributed by atoms with Gasteiger partial charge in [-0.1, -0.05) is 0 Å². The maximum atomic E-state index is 12.2. The summed E-state index contributed by atoms with van der Waals surface area (Å²) in [7, 11) is 0. The van der Waals surface area contributed by atoms with Gasteiger partial charge >= 0.3 is 191 Å². The Morgan fingerprint density at radius 3 is 1.07 bits per heavy atom. The molecule has 0 unspecified atom stereocenters. The van der Waals surface area contributed by atoms with E-state index < -0.39 is 40.3 Å². The Balaban J connectivity index is 4.05. The molecule has 0 aliphatic carbocycles. The summed E-state index contributed by atoms with van der Waals surface area (Å²) in [6, 6.07) is 0. The van der Waals surface area contributed by atoms with Crippen molar-refractivity contribution in [2.24, 2.45) is 0 Å². The van der Waals surface area contributed by atoms with Crippen LogP contribution in [0, 0.1) is 0 Å². The van der Waals surface area contributed by atoms with Crippen molar-refractivity contribution in [3.05, 3.63) is 0 Å². The van der Waals surface area contributed by atoms with Crippen LogP contribution in [-0.2, 0) is 15.7 Å². The van der Waals surface area contributed by atoms with Crippen LogP contribution in [0.25, 0.3) is 0 Å². The van der Waals surface area contributed by atoms with Crippen molar-refractivity contribution in [1.29, 1.82) is 0 Å². The molecule has 0 aliphatic rings. The Hall–Kier alpha value is 0.537. The average Bonchev–Trinajstić information content (AvgIpc) is 2.69. The van der Waals surface area contributed by atoms with Gasteiger partial charge in [0.15, 0.2) is 0 Å². The van der Waals surface area contributed by atoms with Gasteiger partial charge in [0.25, 0.3) is 0 Å². The van der Waals surface area contributed by atoms with Crippen LogP contribution in [0.3, 0.4) is 0 Å². The zero-order chi connectivity index (χ0) is 21.0. The Bertz CT molecular complexity index is 339. The molecule has 0 atom stereocenters. The summed E-state index contributed by atoms with van der Waals surface area (Å²) in [4.78, 5) is 24.3. The van der Waals surface area contributed by atoms with Gasteiger partial charge in [0.2, 0.25) is 0 Å². The standard InChI is InChI=1S/C6H10O4.4C4H9.2Sn.2H/c7-5(8)3-1-2-4-6(9)10;4*1-3-4-2;;;;/h1-4H2,(H,7,8)(H,9,10);4*1,3-4H2,2H3;;;;/q;;;;;2*+1;;/p-2. The van der Waals surface area contributed by atoms with Gasteiger partial charge in [0.05, 0.1) is 0 Å². The van der Waals surface area contributed by atoms with E-state index in [2.05, 4.69) is 27.7 Å². The number of rotatable bonds is 19. The molecule has 0 aromatic rings. The summed E-state index contributed by atoms with van der Waals surface area (Å²) in [6.07, 6.45) is 12.0. The van der Waals surface area contributed by atoms with Crippen molar-refractivity contribution < 1.29 is 15.7 Å². The van der Waals surface area contributed by atoms with Gasteiger partial charge in [-0.25, -0.2) is 0 Å². The Kier molecular flexibility index (Phi) is 21.2. The topological polar surface area (TPSA) is 52.6 Å². The van der Waals surface area contributed by atoms with Crippen molar-refractivity contribution in [1.82, 2.24) is 0 Å². The van der Waals surface area contributed by atoms with Crippen LogP contribution in [-0.4, -0.2) is 52.3 Å². The Morgan fingerprint density at radius 1 is 0.536 bits per heavy atom. The van der Waals surface area contributed by atoms with Crippen molar-refractivity contribution in [3.8, 4) is 0 Å². The molecule has 0 N–H and O–H groups in total. The maximum absolute atomic E-state index is 12.2. The Labute approximate surface area is 189 Å². The summed E-state index contributed by atoms with van der Waals surface area (Å²) >= 11 is -4.23. The average molecular weight is 612 g/mol. The molecule has 28 heavy (non-hydrogen) atoms. The van der Waals surface area contributed by atoms with E-state index in [0.717, 1.165) is 12.8 Å². The zero-order valence-corrected chi connectivity index (χ0v) is 25.7. The van der Waals surface area contributed by atoms with Crippen molar-refractivity contribution in [3.63, 3.8) is 0 Å². The number of hydrogen-bond donors (Lipinski definition) is 0. The number of hydrogen-bond acceptors (Lipinski definition) is 4. The molecular formula is C22H46O4Sn2. The second-order valence-electron chi connectivity index (χ2n) is 8.00. The van der Waals surface area contributed by atoms with Crippen molar-refractivity contribution in [2.75, 3.05) is 0 Å². The SMILES string of the molecule is CCC[CH2][SnH]([CH2]CCC)[O]C(=O)CCCCC(=O)[O][SnH]([CH2]CCC)[CH2]CCC. The second kappa shape index (κ2) is 20.8. The molecule has 0 saturated heterocycles. The minimum absolute atomic E-state index is 0.00989. The van der Waals surface area contributed by atoms with Gasteiger partial charge in [0, 0.05) is 0 Å². The summed E-state index contributed by atoms with van der Waals surface area (Å²) in [5.41, 5.74) is 0. The fourth-order valence-corrected chi connectivity index (χ4v) is 18.9. The summed E-state index contributed by atoms with van der Waals surface area (Å²) < 4.78 is 16.5. The molecule has 4 nitrogen and oxygen atoms in total. The molecule has 0 bridgehead atoms. The van der Waals surface area contributed by atoms with Crippen LogP contribution in [0.5, 0.6) is 0 Å². The van der Waals surface area contributed by atoms with Crippen LogP contribution in [0.1, 0.15) is 105 Å². The van der Waals surface area contributed by atoms with E-state index in [1.165, 1.54) is 69.1 Å². The van der Waals surface area contributed by atoms with Crippen LogP contribution in [0.4, 0.5) is 0 Å². The Morgan fingerprint density at radius 2 is 0.821 bits per heavy atom. The number of unbranched alkanes of at least 4 members (excludes halogenated alkanes) is 5. The summed E-state index contributed by atoms with van der Waals surface area (Å²) in [6.45, 7) is 8.79. The fraction of sp³-hybridized carbons (Fsp3) is 0.909. The molecule has 0 saturated carbocycles. The van der Waals surface area contributed by atoms with E-state index in [4.69, 9.17) is 6.15 Å². The van der Waals surface area contributed by atoms with Crippen molar-refractivity contribution >= 4 is 52.3 Å². The first-order valence-corrected chi connectivity index (χ1v) is 24.0. The molecule has 0 aliphatic heterocycles. The molecule has 0 radical (unpaired) electrons. The summed E-state index contributed by atoms with van der Waals surface area (Å²) in [5, 5.41) is 0. The molecular weight excluding hydrogens is 566 g/mol. The molecule has 0 heterocycles.